The minimum atomic E-state index is -4.95. The molecule has 1 heterocycles. The van der Waals surface area contributed by atoms with Crippen molar-refractivity contribution in [3.05, 3.63) is 22.1 Å². The van der Waals surface area contributed by atoms with Gasteiger partial charge < -0.3 is 21.2 Å². The quantitative estimate of drug-likeness (QED) is 0.672. The van der Waals surface area contributed by atoms with Crippen LogP contribution in [0.2, 0.25) is 0 Å². The molecule has 15 heavy (non-hydrogen) atoms. The fourth-order valence-corrected chi connectivity index (χ4v) is 0.939. The van der Waals surface area contributed by atoms with Crippen molar-refractivity contribution < 1.29 is 17.9 Å². The van der Waals surface area contributed by atoms with Gasteiger partial charge in [0.1, 0.15) is 0 Å². The highest BCUT2D eigenvalue weighted by Gasteiger charge is 2.33. The molecule has 84 valence electrons. The average Bonchev–Trinajstić information content (AvgIpc) is 2.11. The lowest BCUT2D eigenvalue weighted by Crippen LogP contribution is -2.25. The number of alkyl halides is 3. The Hall–Kier alpha value is -1.70. The molecule has 0 unspecified atom stereocenters. The molecule has 1 aromatic heterocycles. The highest BCUT2D eigenvalue weighted by molar-refractivity contribution is 5.44. The number of hydrogen-bond acceptors (Lipinski definition) is 4. The van der Waals surface area contributed by atoms with Crippen LogP contribution in [0, 0.1) is 0 Å². The van der Waals surface area contributed by atoms with Crippen molar-refractivity contribution in [3.8, 4) is 5.75 Å². The van der Waals surface area contributed by atoms with Gasteiger partial charge in [-0.15, -0.1) is 13.2 Å². The summed E-state index contributed by atoms with van der Waals surface area (Å²) >= 11 is 0. The van der Waals surface area contributed by atoms with Crippen LogP contribution in [-0.4, -0.2) is 11.3 Å². The summed E-state index contributed by atoms with van der Waals surface area (Å²) in [5.74, 6) is -0.912. The van der Waals surface area contributed by atoms with Gasteiger partial charge in [-0.3, -0.25) is 4.79 Å². The molecule has 0 aromatic carbocycles. The molecule has 5 N–H and O–H groups in total. The monoisotopic (exact) mass is 223 g/mol. The maximum absolute atomic E-state index is 11.9. The molecule has 0 saturated carbocycles. The van der Waals surface area contributed by atoms with Crippen LogP contribution < -0.4 is 21.6 Å². The standard InChI is InChI=1S/C7H8F3N3O2/c8-7(9,10)15-6-4(1-11)13-2-3(12)5(6)14/h2H,1,11-12H2,(H,13,14). The molecule has 1 aromatic rings. The summed E-state index contributed by atoms with van der Waals surface area (Å²) in [6.45, 7) is -0.291. The van der Waals surface area contributed by atoms with Gasteiger partial charge in [0.2, 0.25) is 5.43 Å². The van der Waals surface area contributed by atoms with Crippen molar-refractivity contribution in [1.29, 1.82) is 0 Å². The van der Waals surface area contributed by atoms with Crippen molar-refractivity contribution in [2.45, 2.75) is 12.9 Å². The zero-order valence-corrected chi connectivity index (χ0v) is 7.39. The fraction of sp³-hybridized carbons (Fsp3) is 0.286. The van der Waals surface area contributed by atoms with Crippen LogP contribution in [0.1, 0.15) is 5.69 Å². The second-order valence-electron chi connectivity index (χ2n) is 2.63. The molecule has 8 heteroatoms. The number of rotatable bonds is 2. The smallest absolute Gasteiger partial charge is 0.400 e. The summed E-state index contributed by atoms with van der Waals surface area (Å²) in [4.78, 5) is 13.5. The van der Waals surface area contributed by atoms with Gasteiger partial charge in [0.05, 0.1) is 11.4 Å². The van der Waals surface area contributed by atoms with Crippen molar-refractivity contribution in [3.63, 3.8) is 0 Å². The fourth-order valence-electron chi connectivity index (χ4n) is 0.939. The van der Waals surface area contributed by atoms with Gasteiger partial charge in [-0.2, -0.15) is 0 Å². The number of ether oxygens (including phenoxy) is 1. The Morgan fingerprint density at radius 1 is 1.47 bits per heavy atom. The van der Waals surface area contributed by atoms with Gasteiger partial charge in [-0.1, -0.05) is 0 Å². The van der Waals surface area contributed by atoms with Crippen molar-refractivity contribution in [2.75, 3.05) is 5.73 Å². The molecule has 0 amide bonds. The molecule has 0 saturated heterocycles. The summed E-state index contributed by atoms with van der Waals surface area (Å²) in [5, 5.41) is 0. The number of halogens is 3. The number of hydrogen-bond donors (Lipinski definition) is 3. The first-order chi connectivity index (χ1) is 6.85. The average molecular weight is 223 g/mol. The Bertz CT molecular complexity index is 413. The molecule has 0 spiro atoms. The first-order valence-electron chi connectivity index (χ1n) is 3.81. The summed E-state index contributed by atoms with van der Waals surface area (Å²) in [5.41, 5.74) is 8.70. The molecule has 0 aliphatic heterocycles. The Kier molecular flexibility index (Phi) is 2.89. The molecule has 0 aliphatic carbocycles. The predicted molar refractivity (Wildman–Crippen MR) is 46.0 cm³/mol. The van der Waals surface area contributed by atoms with E-state index >= 15 is 0 Å². The molecule has 0 bridgehead atoms. The number of nitrogen functional groups attached to an aromatic ring is 1. The maximum atomic E-state index is 11.9. The third-order valence-electron chi connectivity index (χ3n) is 1.57. The van der Waals surface area contributed by atoms with Crippen LogP contribution in [0.4, 0.5) is 18.9 Å². The molecule has 5 nitrogen and oxygen atoms in total. The lowest BCUT2D eigenvalue weighted by atomic mass is 10.3. The third-order valence-corrected chi connectivity index (χ3v) is 1.57. The van der Waals surface area contributed by atoms with Gasteiger partial charge in [0.15, 0.2) is 5.75 Å². The zero-order chi connectivity index (χ0) is 11.6. The minimum absolute atomic E-state index is 0.161. The summed E-state index contributed by atoms with van der Waals surface area (Å²) in [7, 11) is 0. The van der Waals surface area contributed by atoms with Gasteiger partial charge in [-0.05, 0) is 0 Å². The number of aromatic nitrogens is 1. The molecule has 0 fully saturated rings. The second-order valence-corrected chi connectivity index (χ2v) is 2.63. The van der Waals surface area contributed by atoms with E-state index in [9.17, 15) is 18.0 Å². The number of nitrogens with one attached hydrogen (secondary N) is 1. The van der Waals surface area contributed by atoms with E-state index in [4.69, 9.17) is 11.5 Å². The normalized spacial score (nSPS) is 11.5. The Balaban J connectivity index is 3.25. The molecule has 1 rings (SSSR count). The van der Waals surface area contributed by atoms with Gasteiger partial charge >= 0.3 is 6.36 Å². The first-order valence-corrected chi connectivity index (χ1v) is 3.81. The van der Waals surface area contributed by atoms with E-state index in [0.29, 0.717) is 0 Å². The minimum Gasteiger partial charge on any atom is -0.400 e. The second kappa shape index (κ2) is 3.81. The van der Waals surface area contributed by atoms with E-state index < -0.39 is 17.5 Å². The van der Waals surface area contributed by atoms with Gasteiger partial charge in [-0.25, -0.2) is 0 Å². The SMILES string of the molecule is NCc1[nH]cc(N)c(=O)c1OC(F)(F)F. The number of pyridine rings is 1. The molecule has 0 aliphatic rings. The van der Waals surface area contributed by atoms with Crippen LogP contribution in [-0.2, 0) is 6.54 Å². The lowest BCUT2D eigenvalue weighted by molar-refractivity contribution is -0.275. The highest BCUT2D eigenvalue weighted by atomic mass is 19.4. The van der Waals surface area contributed by atoms with Crippen LogP contribution >= 0.6 is 0 Å². The van der Waals surface area contributed by atoms with Crippen LogP contribution in [0.3, 0.4) is 0 Å². The summed E-state index contributed by atoms with van der Waals surface area (Å²) < 4.78 is 39.3. The van der Waals surface area contributed by atoms with E-state index in [-0.39, 0.29) is 17.9 Å². The van der Waals surface area contributed by atoms with Gasteiger partial charge in [0.25, 0.3) is 0 Å². The van der Waals surface area contributed by atoms with E-state index in [2.05, 4.69) is 9.72 Å². The topological polar surface area (TPSA) is 94.1 Å². The third kappa shape index (κ3) is 2.62. The maximum Gasteiger partial charge on any atom is 0.573 e. The first kappa shape index (κ1) is 11.4. The number of nitrogens with two attached hydrogens (primary N) is 2. The predicted octanol–water partition coefficient (Wildman–Crippen LogP) is 0.314. The molecule has 0 radical (unpaired) electrons. The number of anilines is 1. The van der Waals surface area contributed by atoms with E-state index in [1.54, 1.807) is 0 Å². The molecular formula is C7H8F3N3O2. The van der Waals surface area contributed by atoms with Crippen molar-refractivity contribution >= 4 is 5.69 Å². The molecule has 0 atom stereocenters. The van der Waals surface area contributed by atoms with Gasteiger partial charge in [0, 0.05) is 12.7 Å². The van der Waals surface area contributed by atoms with Crippen molar-refractivity contribution in [2.24, 2.45) is 5.73 Å². The van der Waals surface area contributed by atoms with Crippen LogP contribution in [0.15, 0.2) is 11.0 Å². The zero-order valence-electron chi connectivity index (χ0n) is 7.39. The number of aromatic amines is 1. The molecular weight excluding hydrogens is 215 g/mol. The summed E-state index contributed by atoms with van der Waals surface area (Å²) in [6.07, 6.45) is -3.89. The highest BCUT2D eigenvalue weighted by Crippen LogP contribution is 2.22. The van der Waals surface area contributed by atoms with Crippen molar-refractivity contribution in [1.82, 2.24) is 4.98 Å². The Labute approximate surface area is 81.8 Å². The van der Waals surface area contributed by atoms with Crippen LogP contribution in [0.25, 0.3) is 0 Å². The lowest BCUT2D eigenvalue weighted by Gasteiger charge is -2.11. The number of H-pyrrole nitrogens is 1. The largest absolute Gasteiger partial charge is 0.573 e. The Morgan fingerprint density at radius 3 is 2.53 bits per heavy atom. The summed E-state index contributed by atoms with van der Waals surface area (Å²) in [6, 6.07) is 0. The van der Waals surface area contributed by atoms with E-state index in [1.807, 2.05) is 0 Å². The van der Waals surface area contributed by atoms with Crippen LogP contribution in [0.5, 0.6) is 5.75 Å². The Morgan fingerprint density at radius 2 is 2.07 bits per heavy atom. The van der Waals surface area contributed by atoms with E-state index in [1.165, 1.54) is 0 Å². The van der Waals surface area contributed by atoms with E-state index in [0.717, 1.165) is 6.20 Å².